The van der Waals surface area contributed by atoms with Crippen LogP contribution >= 0.6 is 11.6 Å². The number of nitrogens with one attached hydrogen (secondary N) is 1. The lowest BCUT2D eigenvalue weighted by atomic mass is 10.2. The van der Waals surface area contributed by atoms with Crippen molar-refractivity contribution in [2.24, 2.45) is 0 Å². The van der Waals surface area contributed by atoms with Gasteiger partial charge in [-0.15, -0.1) is 6.58 Å². The van der Waals surface area contributed by atoms with Gasteiger partial charge in [-0.2, -0.15) is 0 Å². The van der Waals surface area contributed by atoms with Crippen molar-refractivity contribution < 1.29 is 4.39 Å². The number of aromatic nitrogens is 1. The molecule has 0 radical (unpaired) electrons. The summed E-state index contributed by atoms with van der Waals surface area (Å²) in [5.41, 5.74) is 2.76. The summed E-state index contributed by atoms with van der Waals surface area (Å²) in [5.74, 6) is -0.276. The van der Waals surface area contributed by atoms with Gasteiger partial charge in [0.25, 0.3) is 0 Å². The Morgan fingerprint density at radius 3 is 2.78 bits per heavy atom. The van der Waals surface area contributed by atoms with E-state index >= 15 is 0 Å². The van der Waals surface area contributed by atoms with Crippen LogP contribution in [0.3, 0.4) is 0 Å². The van der Waals surface area contributed by atoms with Crippen LogP contribution < -0.4 is 5.32 Å². The van der Waals surface area contributed by atoms with Gasteiger partial charge in [0.15, 0.2) is 0 Å². The minimum atomic E-state index is -0.276. The van der Waals surface area contributed by atoms with E-state index in [1.165, 1.54) is 11.6 Å². The first kappa shape index (κ1) is 15.8. The van der Waals surface area contributed by atoms with Crippen molar-refractivity contribution >= 4 is 22.5 Å². The molecule has 4 heteroatoms. The highest BCUT2D eigenvalue weighted by Crippen LogP contribution is 2.25. The van der Waals surface area contributed by atoms with Crippen LogP contribution in [0.25, 0.3) is 10.9 Å². The SMILES string of the molecule is C=CCNCc1cn(Cc2c(F)cccc2Cl)c2ccccc12. The Morgan fingerprint density at radius 1 is 1.17 bits per heavy atom. The van der Waals surface area contributed by atoms with E-state index in [4.69, 9.17) is 11.6 Å². The van der Waals surface area contributed by atoms with Gasteiger partial charge in [-0.3, -0.25) is 0 Å². The first-order valence-corrected chi connectivity index (χ1v) is 7.89. The first-order chi connectivity index (χ1) is 11.2. The number of fused-ring (bicyclic) bond motifs is 1. The second kappa shape index (κ2) is 6.99. The second-order valence-corrected chi connectivity index (χ2v) is 5.83. The second-order valence-electron chi connectivity index (χ2n) is 5.42. The molecule has 1 heterocycles. The lowest BCUT2D eigenvalue weighted by molar-refractivity contribution is 0.602. The van der Waals surface area contributed by atoms with Crippen LogP contribution in [0.4, 0.5) is 4.39 Å². The van der Waals surface area contributed by atoms with E-state index in [1.807, 2.05) is 28.8 Å². The van der Waals surface area contributed by atoms with Crippen molar-refractivity contribution in [2.45, 2.75) is 13.1 Å². The zero-order valence-electron chi connectivity index (χ0n) is 12.7. The molecule has 1 N–H and O–H groups in total. The minimum Gasteiger partial charge on any atom is -0.343 e. The Balaban J connectivity index is 1.99. The van der Waals surface area contributed by atoms with E-state index in [0.717, 1.165) is 24.0 Å². The van der Waals surface area contributed by atoms with E-state index in [2.05, 4.69) is 24.2 Å². The molecule has 23 heavy (non-hydrogen) atoms. The van der Waals surface area contributed by atoms with E-state index < -0.39 is 0 Å². The Hall–Kier alpha value is -2.10. The van der Waals surface area contributed by atoms with E-state index in [0.29, 0.717) is 17.1 Å². The molecule has 2 aromatic carbocycles. The fraction of sp³-hybridized carbons (Fsp3) is 0.158. The molecule has 3 rings (SSSR count). The summed E-state index contributed by atoms with van der Waals surface area (Å²) in [7, 11) is 0. The van der Waals surface area contributed by atoms with Crippen molar-refractivity contribution in [3.8, 4) is 0 Å². The maximum absolute atomic E-state index is 14.1. The zero-order valence-corrected chi connectivity index (χ0v) is 13.5. The smallest absolute Gasteiger partial charge is 0.129 e. The predicted molar refractivity (Wildman–Crippen MR) is 94.4 cm³/mol. The lowest BCUT2D eigenvalue weighted by Gasteiger charge is -2.08. The van der Waals surface area contributed by atoms with E-state index in [9.17, 15) is 4.39 Å². The molecule has 118 valence electrons. The monoisotopic (exact) mass is 328 g/mol. The molecule has 0 aliphatic carbocycles. The summed E-state index contributed by atoms with van der Waals surface area (Å²) >= 11 is 6.16. The number of hydrogen-bond acceptors (Lipinski definition) is 1. The van der Waals surface area contributed by atoms with Gasteiger partial charge in [0, 0.05) is 40.8 Å². The van der Waals surface area contributed by atoms with Gasteiger partial charge >= 0.3 is 0 Å². The summed E-state index contributed by atoms with van der Waals surface area (Å²) in [5, 5.41) is 4.93. The molecule has 0 atom stereocenters. The van der Waals surface area contributed by atoms with Crippen LogP contribution in [0.1, 0.15) is 11.1 Å². The Bertz CT molecular complexity index is 818. The Kier molecular flexibility index (Phi) is 4.79. The molecule has 0 aliphatic heterocycles. The number of nitrogens with zero attached hydrogens (tertiary/aromatic N) is 1. The van der Waals surface area contributed by atoms with E-state index in [1.54, 1.807) is 12.1 Å². The first-order valence-electron chi connectivity index (χ1n) is 7.52. The van der Waals surface area contributed by atoms with Crippen molar-refractivity contribution in [2.75, 3.05) is 6.54 Å². The van der Waals surface area contributed by atoms with Crippen LogP contribution in [-0.2, 0) is 13.1 Å². The quantitative estimate of drug-likeness (QED) is 0.510. The fourth-order valence-corrected chi connectivity index (χ4v) is 2.98. The van der Waals surface area contributed by atoms with Crippen molar-refractivity contribution in [3.05, 3.63) is 83.3 Å². The Labute approximate surface area is 140 Å². The Morgan fingerprint density at radius 2 is 2.00 bits per heavy atom. The van der Waals surface area contributed by atoms with Crippen LogP contribution in [0, 0.1) is 5.82 Å². The number of rotatable bonds is 6. The summed E-state index contributed by atoms with van der Waals surface area (Å²) in [6.07, 6.45) is 3.89. The number of hydrogen-bond donors (Lipinski definition) is 1. The van der Waals surface area contributed by atoms with Crippen molar-refractivity contribution in [1.29, 1.82) is 0 Å². The third kappa shape index (κ3) is 3.31. The molecule has 0 bridgehead atoms. The zero-order chi connectivity index (χ0) is 16.2. The largest absolute Gasteiger partial charge is 0.343 e. The molecule has 1 aromatic heterocycles. The maximum atomic E-state index is 14.1. The molecule has 0 spiro atoms. The topological polar surface area (TPSA) is 17.0 Å². The van der Waals surface area contributed by atoms with Gasteiger partial charge in [-0.25, -0.2) is 4.39 Å². The van der Waals surface area contributed by atoms with Gasteiger partial charge in [-0.05, 0) is 23.8 Å². The van der Waals surface area contributed by atoms with E-state index in [-0.39, 0.29) is 5.82 Å². The van der Waals surface area contributed by atoms with Crippen LogP contribution in [0.5, 0.6) is 0 Å². The fourth-order valence-electron chi connectivity index (χ4n) is 2.76. The van der Waals surface area contributed by atoms with Gasteiger partial charge in [0.05, 0.1) is 6.54 Å². The standard InChI is InChI=1S/C19H18ClFN2/c1-2-10-22-11-14-12-23(19-9-4-3-6-15(14)19)13-16-17(20)7-5-8-18(16)21/h2-9,12,22H,1,10-11,13H2. The molecule has 0 aliphatic rings. The molecular weight excluding hydrogens is 311 g/mol. The third-order valence-corrected chi connectivity index (χ3v) is 4.22. The minimum absolute atomic E-state index is 0.276. The third-order valence-electron chi connectivity index (χ3n) is 3.87. The summed E-state index contributed by atoms with van der Waals surface area (Å²) in [4.78, 5) is 0. The molecular formula is C19H18ClFN2. The summed E-state index contributed by atoms with van der Waals surface area (Å²) < 4.78 is 16.1. The van der Waals surface area contributed by atoms with Crippen molar-refractivity contribution in [1.82, 2.24) is 9.88 Å². The average molecular weight is 329 g/mol. The average Bonchev–Trinajstić information content (AvgIpc) is 2.90. The molecule has 0 unspecified atom stereocenters. The molecule has 0 amide bonds. The number of benzene rings is 2. The highest BCUT2D eigenvalue weighted by molar-refractivity contribution is 6.31. The molecule has 0 saturated heterocycles. The van der Waals surface area contributed by atoms with Gasteiger partial charge in [0.2, 0.25) is 0 Å². The molecule has 2 nitrogen and oxygen atoms in total. The maximum Gasteiger partial charge on any atom is 0.129 e. The van der Waals surface area contributed by atoms with Crippen LogP contribution in [0.2, 0.25) is 5.02 Å². The molecule has 0 saturated carbocycles. The summed E-state index contributed by atoms with van der Waals surface area (Å²) in [6, 6.07) is 12.9. The highest BCUT2D eigenvalue weighted by Gasteiger charge is 2.12. The number of halogens is 2. The highest BCUT2D eigenvalue weighted by atomic mass is 35.5. The summed E-state index contributed by atoms with van der Waals surface area (Å²) in [6.45, 7) is 5.61. The van der Waals surface area contributed by atoms with Gasteiger partial charge in [-0.1, -0.05) is 41.9 Å². The number of para-hydroxylation sites is 1. The lowest BCUT2D eigenvalue weighted by Crippen LogP contribution is -2.12. The predicted octanol–water partition coefficient (Wildman–Crippen LogP) is 4.76. The normalized spacial score (nSPS) is 11.0. The molecule has 0 fully saturated rings. The molecule has 3 aromatic rings. The van der Waals surface area contributed by atoms with Crippen LogP contribution in [-0.4, -0.2) is 11.1 Å². The van der Waals surface area contributed by atoms with Crippen LogP contribution in [0.15, 0.2) is 61.3 Å². The van der Waals surface area contributed by atoms with Gasteiger partial charge < -0.3 is 9.88 Å². The van der Waals surface area contributed by atoms with Crippen molar-refractivity contribution in [3.63, 3.8) is 0 Å². The van der Waals surface area contributed by atoms with Gasteiger partial charge in [0.1, 0.15) is 5.82 Å².